The smallest absolute Gasteiger partial charge is 0.328 e. The fraction of sp³-hybridized carbons (Fsp3) is 0.650. The number of aryl methyl sites for hydroxylation is 2. The summed E-state index contributed by atoms with van der Waals surface area (Å²) in [5.74, 6) is 2.92. The fourth-order valence-corrected chi connectivity index (χ4v) is 6.28. The number of nitrogens with one attached hydrogen (secondary N) is 1. The molecule has 4 bridgehead atoms. The van der Waals surface area contributed by atoms with E-state index in [4.69, 9.17) is 0 Å². The average Bonchev–Trinajstić information content (AvgIpc) is 2.76. The highest BCUT2D eigenvalue weighted by Gasteiger charge is 2.50. The lowest BCUT2D eigenvalue weighted by molar-refractivity contribution is -0.0206. The molecule has 0 radical (unpaired) electrons. The van der Waals surface area contributed by atoms with E-state index in [-0.39, 0.29) is 18.1 Å². The van der Waals surface area contributed by atoms with Crippen LogP contribution in [-0.4, -0.2) is 14.7 Å². The Morgan fingerprint density at radius 1 is 1.00 bits per heavy atom. The Hall–Kier alpha value is -1.26. The first kappa shape index (κ1) is 17.2. The number of hydrogen-bond donors (Lipinski definition) is 1. The summed E-state index contributed by atoms with van der Waals surface area (Å²) < 4.78 is 3.48. The Kier molecular flexibility index (Phi) is 4.04. The second kappa shape index (κ2) is 5.88. The molecule has 4 saturated carbocycles. The van der Waals surface area contributed by atoms with Gasteiger partial charge in [0.2, 0.25) is 0 Å². The molecule has 136 valence electrons. The number of aromatic nitrogens is 2. The Morgan fingerprint density at radius 3 is 2.16 bits per heavy atom. The molecule has 25 heavy (non-hydrogen) atoms. The van der Waals surface area contributed by atoms with E-state index in [0.717, 1.165) is 35.3 Å². The molecule has 2 aromatic rings. The van der Waals surface area contributed by atoms with Gasteiger partial charge in [0.15, 0.2) is 0 Å². The van der Waals surface area contributed by atoms with E-state index in [2.05, 4.69) is 23.5 Å². The zero-order chi connectivity index (χ0) is 16.5. The van der Waals surface area contributed by atoms with E-state index < -0.39 is 0 Å². The van der Waals surface area contributed by atoms with Crippen molar-refractivity contribution in [2.45, 2.75) is 50.6 Å². The molecular weight excluding hydrogens is 334 g/mol. The fourth-order valence-electron chi connectivity index (χ4n) is 6.28. The van der Waals surface area contributed by atoms with E-state index in [1.807, 2.05) is 14.1 Å². The summed E-state index contributed by atoms with van der Waals surface area (Å²) in [6, 6.07) is 6.45. The van der Waals surface area contributed by atoms with Crippen molar-refractivity contribution in [3.8, 4) is 0 Å². The maximum absolute atomic E-state index is 12.1. The SMILES string of the molecule is Cn1c(=O)n(C)c2cc(CNC34CC5CC(CC(C5)C3)C4)ccc21.[Cl-]. The molecule has 6 rings (SSSR count). The largest absolute Gasteiger partial charge is 1.00 e. The topological polar surface area (TPSA) is 39.0 Å². The first-order chi connectivity index (χ1) is 11.5. The van der Waals surface area contributed by atoms with Gasteiger partial charge in [-0.1, -0.05) is 6.07 Å². The van der Waals surface area contributed by atoms with Gasteiger partial charge in [0.1, 0.15) is 0 Å². The lowest BCUT2D eigenvalue weighted by atomic mass is 9.53. The number of benzene rings is 1. The van der Waals surface area contributed by atoms with Crippen molar-refractivity contribution < 1.29 is 12.4 Å². The summed E-state index contributed by atoms with van der Waals surface area (Å²) in [4.78, 5) is 12.1. The number of imidazole rings is 1. The van der Waals surface area contributed by atoms with Crippen molar-refractivity contribution in [3.05, 3.63) is 34.2 Å². The minimum atomic E-state index is 0. The molecule has 4 aliphatic rings. The highest BCUT2D eigenvalue weighted by Crippen LogP contribution is 2.55. The van der Waals surface area contributed by atoms with Gasteiger partial charge in [-0.25, -0.2) is 4.79 Å². The van der Waals surface area contributed by atoms with Crippen LogP contribution < -0.4 is 23.4 Å². The Labute approximate surface area is 155 Å². The summed E-state index contributed by atoms with van der Waals surface area (Å²) in [7, 11) is 3.71. The van der Waals surface area contributed by atoms with Crippen LogP contribution >= 0.6 is 0 Å². The molecule has 0 amide bonds. The quantitative estimate of drug-likeness (QED) is 0.833. The normalized spacial score (nSPS) is 33.0. The monoisotopic (exact) mass is 360 g/mol. The van der Waals surface area contributed by atoms with Crippen molar-refractivity contribution >= 4 is 11.0 Å². The minimum absolute atomic E-state index is 0. The van der Waals surface area contributed by atoms with Gasteiger partial charge in [0.05, 0.1) is 11.0 Å². The Bertz CT molecular complexity index is 830. The van der Waals surface area contributed by atoms with Crippen molar-refractivity contribution in [3.63, 3.8) is 0 Å². The summed E-state index contributed by atoms with van der Waals surface area (Å²) in [6.07, 6.45) is 8.60. The Morgan fingerprint density at radius 2 is 1.56 bits per heavy atom. The van der Waals surface area contributed by atoms with Crippen LogP contribution in [0, 0.1) is 17.8 Å². The number of nitrogens with zero attached hydrogens (tertiary/aromatic N) is 2. The van der Waals surface area contributed by atoms with Gasteiger partial charge in [-0.15, -0.1) is 0 Å². The number of rotatable bonds is 3. The first-order valence-electron chi connectivity index (χ1n) is 9.42. The van der Waals surface area contributed by atoms with Crippen LogP contribution in [0.3, 0.4) is 0 Å². The Balaban J connectivity index is 0.00000157. The highest BCUT2D eigenvalue weighted by molar-refractivity contribution is 5.76. The molecule has 4 nitrogen and oxygen atoms in total. The van der Waals surface area contributed by atoms with Crippen LogP contribution in [0.15, 0.2) is 23.0 Å². The molecule has 0 unspecified atom stereocenters. The molecule has 0 spiro atoms. The van der Waals surface area contributed by atoms with Crippen LogP contribution in [0.1, 0.15) is 44.1 Å². The number of halogens is 1. The zero-order valence-corrected chi connectivity index (χ0v) is 15.9. The molecular formula is C20H27ClN3O-. The standard InChI is InChI=1S/C20H27N3O.ClH/c1-22-17-4-3-13(8-18(17)23(2)19(22)24)12-21-20-9-14-5-15(10-20)7-16(6-14)11-20;/h3-4,8,14-16,21H,5-7,9-12H2,1-2H3;1H/p-1. The lowest BCUT2D eigenvalue weighted by Crippen LogP contribution is -3.00. The second-order valence-corrected chi connectivity index (χ2v) is 8.78. The predicted molar refractivity (Wildman–Crippen MR) is 95.9 cm³/mol. The van der Waals surface area contributed by atoms with Gasteiger partial charge in [0.25, 0.3) is 0 Å². The summed E-state index contributed by atoms with van der Waals surface area (Å²) in [6.45, 7) is 0.922. The third-order valence-electron chi connectivity index (χ3n) is 7.04. The van der Waals surface area contributed by atoms with E-state index in [1.165, 1.54) is 44.1 Å². The molecule has 4 fully saturated rings. The maximum Gasteiger partial charge on any atom is 0.328 e. The van der Waals surface area contributed by atoms with Gasteiger partial charge in [-0.05, 0) is 74.0 Å². The third kappa shape index (κ3) is 2.65. The highest BCUT2D eigenvalue weighted by atomic mass is 35.5. The molecule has 1 aromatic carbocycles. The molecule has 5 heteroatoms. The number of fused-ring (bicyclic) bond motifs is 1. The van der Waals surface area contributed by atoms with E-state index >= 15 is 0 Å². The van der Waals surface area contributed by atoms with Gasteiger partial charge in [-0.2, -0.15) is 0 Å². The predicted octanol–water partition coefficient (Wildman–Crippen LogP) is -0.0606. The van der Waals surface area contributed by atoms with Crippen molar-refractivity contribution in [1.29, 1.82) is 0 Å². The van der Waals surface area contributed by atoms with Crippen LogP contribution in [0.5, 0.6) is 0 Å². The van der Waals surface area contributed by atoms with E-state index in [1.54, 1.807) is 9.13 Å². The van der Waals surface area contributed by atoms with Gasteiger partial charge in [0, 0.05) is 26.2 Å². The van der Waals surface area contributed by atoms with Crippen LogP contribution in [0.2, 0.25) is 0 Å². The summed E-state index contributed by atoms with van der Waals surface area (Å²) in [5, 5.41) is 3.95. The van der Waals surface area contributed by atoms with E-state index in [9.17, 15) is 4.79 Å². The molecule has 1 heterocycles. The molecule has 1 N–H and O–H groups in total. The van der Waals surface area contributed by atoms with Gasteiger partial charge < -0.3 is 17.7 Å². The van der Waals surface area contributed by atoms with Crippen LogP contribution in [0.4, 0.5) is 0 Å². The minimum Gasteiger partial charge on any atom is -1.00 e. The molecule has 0 atom stereocenters. The zero-order valence-electron chi connectivity index (χ0n) is 15.1. The van der Waals surface area contributed by atoms with E-state index in [0.29, 0.717) is 5.54 Å². The third-order valence-corrected chi connectivity index (χ3v) is 7.04. The molecule has 0 saturated heterocycles. The molecule has 0 aliphatic heterocycles. The summed E-state index contributed by atoms with van der Waals surface area (Å²) in [5.41, 5.74) is 3.79. The first-order valence-corrected chi connectivity index (χ1v) is 9.42. The average molecular weight is 361 g/mol. The van der Waals surface area contributed by atoms with Crippen LogP contribution in [0.25, 0.3) is 11.0 Å². The second-order valence-electron chi connectivity index (χ2n) is 8.78. The van der Waals surface area contributed by atoms with Crippen molar-refractivity contribution in [2.75, 3.05) is 0 Å². The summed E-state index contributed by atoms with van der Waals surface area (Å²) >= 11 is 0. The van der Waals surface area contributed by atoms with Crippen LogP contribution in [-0.2, 0) is 20.6 Å². The lowest BCUT2D eigenvalue weighted by Gasteiger charge is -2.57. The van der Waals surface area contributed by atoms with Gasteiger partial charge in [-0.3, -0.25) is 9.13 Å². The molecule has 1 aromatic heterocycles. The van der Waals surface area contributed by atoms with Crippen molar-refractivity contribution in [2.24, 2.45) is 31.8 Å². The number of hydrogen-bond acceptors (Lipinski definition) is 2. The van der Waals surface area contributed by atoms with Gasteiger partial charge >= 0.3 is 5.69 Å². The van der Waals surface area contributed by atoms with Crippen molar-refractivity contribution in [1.82, 2.24) is 14.5 Å². The maximum atomic E-state index is 12.1. The molecule has 4 aliphatic carbocycles.